The molecule has 0 radical (unpaired) electrons. The van der Waals surface area contributed by atoms with Crippen LogP contribution in [0.25, 0.3) is 11.4 Å². The lowest BCUT2D eigenvalue weighted by atomic mass is 9.79. The van der Waals surface area contributed by atoms with E-state index in [1.165, 1.54) is 0 Å². The van der Waals surface area contributed by atoms with E-state index in [1.807, 2.05) is 30.3 Å². The molecule has 168 valence electrons. The summed E-state index contributed by atoms with van der Waals surface area (Å²) >= 11 is 0. The highest BCUT2D eigenvalue weighted by Crippen LogP contribution is 2.31. The molecule has 2 aliphatic heterocycles. The van der Waals surface area contributed by atoms with Gasteiger partial charge in [-0.1, -0.05) is 35.5 Å². The van der Waals surface area contributed by atoms with Crippen molar-refractivity contribution in [2.75, 3.05) is 59.2 Å². The van der Waals surface area contributed by atoms with E-state index in [2.05, 4.69) is 20.4 Å². The maximum Gasteiger partial charge on any atom is 0.252 e. The van der Waals surface area contributed by atoms with E-state index in [-0.39, 0.29) is 24.5 Å². The Balaban J connectivity index is 1.22. The summed E-state index contributed by atoms with van der Waals surface area (Å²) in [4.78, 5) is 19.1. The van der Waals surface area contributed by atoms with Crippen LogP contribution < -0.4 is 5.32 Å². The summed E-state index contributed by atoms with van der Waals surface area (Å²) in [5.74, 6) is 0.712. The average molecular weight is 431 g/mol. The van der Waals surface area contributed by atoms with Crippen molar-refractivity contribution in [1.82, 2.24) is 20.4 Å². The summed E-state index contributed by atoms with van der Waals surface area (Å²) in [6.45, 7) is 6.51. The van der Waals surface area contributed by atoms with Gasteiger partial charge in [-0.15, -0.1) is 0 Å². The average Bonchev–Trinajstić information content (AvgIpc) is 3.29. The highest BCUT2D eigenvalue weighted by atomic mass is 16.5. The zero-order chi connectivity index (χ0) is 21.4. The molecular formula is C22H30N4O5. The molecule has 4 rings (SSSR count). The minimum absolute atomic E-state index is 0.0301. The number of carbonyl (C=O) groups excluding carboxylic acids is 1. The highest BCUT2D eigenvalue weighted by Gasteiger charge is 2.35. The molecule has 2 saturated heterocycles. The zero-order valence-electron chi connectivity index (χ0n) is 17.8. The first-order valence-electron chi connectivity index (χ1n) is 10.8. The molecule has 0 bridgehead atoms. The normalized spacial score (nSPS) is 19.2. The van der Waals surface area contributed by atoms with Crippen molar-refractivity contribution in [1.29, 1.82) is 0 Å². The van der Waals surface area contributed by atoms with E-state index in [4.69, 9.17) is 18.7 Å². The van der Waals surface area contributed by atoms with Crippen LogP contribution in [0.1, 0.15) is 18.7 Å². The molecule has 1 amide bonds. The first kappa shape index (κ1) is 21.9. The second kappa shape index (κ2) is 10.8. The third kappa shape index (κ3) is 6.33. The van der Waals surface area contributed by atoms with Gasteiger partial charge in [-0.2, -0.15) is 4.98 Å². The van der Waals surface area contributed by atoms with Gasteiger partial charge in [-0.3, -0.25) is 9.69 Å². The summed E-state index contributed by atoms with van der Waals surface area (Å²) < 4.78 is 21.7. The van der Waals surface area contributed by atoms with Crippen molar-refractivity contribution in [2.45, 2.75) is 19.4 Å². The minimum atomic E-state index is -0.143. The largest absolute Gasteiger partial charge is 0.381 e. The van der Waals surface area contributed by atoms with E-state index >= 15 is 0 Å². The second-order valence-electron chi connectivity index (χ2n) is 8.15. The van der Waals surface area contributed by atoms with E-state index in [0.29, 0.717) is 18.3 Å². The Morgan fingerprint density at radius 3 is 2.61 bits per heavy atom. The molecule has 0 spiro atoms. The zero-order valence-corrected chi connectivity index (χ0v) is 17.8. The van der Waals surface area contributed by atoms with Crippen molar-refractivity contribution in [3.63, 3.8) is 0 Å². The number of nitrogens with one attached hydrogen (secondary N) is 1. The molecule has 1 aromatic heterocycles. The molecule has 31 heavy (non-hydrogen) atoms. The van der Waals surface area contributed by atoms with Crippen LogP contribution in [0.2, 0.25) is 0 Å². The lowest BCUT2D eigenvalue weighted by Gasteiger charge is -2.42. The Morgan fingerprint density at radius 2 is 1.84 bits per heavy atom. The molecule has 1 N–H and O–H groups in total. The summed E-state index contributed by atoms with van der Waals surface area (Å²) in [5.41, 5.74) is 0.903. The quantitative estimate of drug-likeness (QED) is 0.639. The van der Waals surface area contributed by atoms with Crippen LogP contribution in [0.3, 0.4) is 0 Å². The number of morpholine rings is 1. The van der Waals surface area contributed by atoms with E-state index in [0.717, 1.165) is 64.5 Å². The van der Waals surface area contributed by atoms with Crippen LogP contribution in [0, 0.1) is 5.41 Å². The standard InChI is InChI=1S/C22H30N4O5/c27-19(14-30-15-20-24-21(25-31-20)18-4-2-1-3-5-18)23-16-22(6-10-28-11-7-22)17-26-8-12-29-13-9-26/h1-5H,6-17H2,(H,23,27). The maximum atomic E-state index is 12.4. The van der Waals surface area contributed by atoms with Gasteiger partial charge in [0, 0.05) is 50.4 Å². The molecule has 9 nitrogen and oxygen atoms in total. The molecule has 0 aliphatic carbocycles. The van der Waals surface area contributed by atoms with Crippen molar-refractivity contribution in [3.05, 3.63) is 36.2 Å². The van der Waals surface area contributed by atoms with E-state index < -0.39 is 0 Å². The van der Waals surface area contributed by atoms with Crippen molar-refractivity contribution in [3.8, 4) is 11.4 Å². The highest BCUT2D eigenvalue weighted by molar-refractivity contribution is 5.77. The van der Waals surface area contributed by atoms with Crippen molar-refractivity contribution >= 4 is 5.91 Å². The Labute approximate surface area is 182 Å². The molecule has 0 saturated carbocycles. The maximum absolute atomic E-state index is 12.4. The number of rotatable bonds is 9. The number of carbonyl (C=O) groups is 1. The van der Waals surface area contributed by atoms with Gasteiger partial charge >= 0.3 is 0 Å². The van der Waals surface area contributed by atoms with Gasteiger partial charge < -0.3 is 24.1 Å². The Hall–Kier alpha value is -2.33. The Bertz CT molecular complexity index is 816. The van der Waals surface area contributed by atoms with Gasteiger partial charge in [0.25, 0.3) is 5.89 Å². The van der Waals surface area contributed by atoms with Gasteiger partial charge in [0.05, 0.1) is 13.2 Å². The van der Waals surface area contributed by atoms with E-state index in [1.54, 1.807) is 0 Å². The van der Waals surface area contributed by atoms with Gasteiger partial charge in [-0.25, -0.2) is 0 Å². The Kier molecular flexibility index (Phi) is 7.63. The minimum Gasteiger partial charge on any atom is -0.381 e. The van der Waals surface area contributed by atoms with Crippen molar-refractivity contribution < 1.29 is 23.5 Å². The topological polar surface area (TPSA) is 99.0 Å². The smallest absolute Gasteiger partial charge is 0.252 e. The second-order valence-corrected chi connectivity index (χ2v) is 8.15. The number of aromatic nitrogens is 2. The van der Waals surface area contributed by atoms with Gasteiger partial charge in [0.1, 0.15) is 13.2 Å². The van der Waals surface area contributed by atoms with Crippen LogP contribution in [0.15, 0.2) is 34.9 Å². The fraction of sp³-hybridized carbons (Fsp3) is 0.591. The van der Waals surface area contributed by atoms with Crippen LogP contribution >= 0.6 is 0 Å². The predicted molar refractivity (Wildman–Crippen MR) is 112 cm³/mol. The third-order valence-electron chi connectivity index (χ3n) is 5.84. The molecule has 3 heterocycles. The summed E-state index contributed by atoms with van der Waals surface area (Å²) in [6.07, 6.45) is 1.88. The fourth-order valence-electron chi connectivity index (χ4n) is 4.01. The third-order valence-corrected chi connectivity index (χ3v) is 5.84. The summed E-state index contributed by atoms with van der Waals surface area (Å²) in [6, 6.07) is 9.57. The molecule has 0 atom stereocenters. The van der Waals surface area contributed by atoms with Crippen LogP contribution in [-0.2, 0) is 25.6 Å². The monoisotopic (exact) mass is 430 g/mol. The fourth-order valence-corrected chi connectivity index (χ4v) is 4.01. The summed E-state index contributed by atoms with van der Waals surface area (Å²) in [7, 11) is 0. The number of hydrogen-bond donors (Lipinski definition) is 1. The molecule has 1 aromatic carbocycles. The SMILES string of the molecule is O=C(COCc1nc(-c2ccccc2)no1)NCC1(CN2CCOCC2)CCOCC1. The van der Waals surface area contributed by atoms with E-state index in [9.17, 15) is 4.79 Å². The molecule has 2 fully saturated rings. The molecule has 2 aliphatic rings. The number of hydrogen-bond acceptors (Lipinski definition) is 8. The number of nitrogens with zero attached hydrogens (tertiary/aromatic N) is 3. The van der Waals surface area contributed by atoms with Gasteiger partial charge in [-0.05, 0) is 12.8 Å². The lowest BCUT2D eigenvalue weighted by molar-refractivity contribution is -0.127. The first-order chi connectivity index (χ1) is 15.2. The molecular weight excluding hydrogens is 400 g/mol. The molecule has 9 heteroatoms. The molecule has 2 aromatic rings. The first-order valence-corrected chi connectivity index (χ1v) is 10.8. The number of ether oxygens (including phenoxy) is 3. The van der Waals surface area contributed by atoms with Gasteiger partial charge in [0.15, 0.2) is 0 Å². The van der Waals surface area contributed by atoms with Crippen molar-refractivity contribution in [2.24, 2.45) is 5.41 Å². The predicted octanol–water partition coefficient (Wildman–Crippen LogP) is 1.50. The lowest BCUT2D eigenvalue weighted by Crippen LogP contribution is -2.51. The van der Waals surface area contributed by atoms with Crippen LogP contribution in [0.5, 0.6) is 0 Å². The van der Waals surface area contributed by atoms with Crippen LogP contribution in [0.4, 0.5) is 0 Å². The van der Waals surface area contributed by atoms with Gasteiger partial charge in [0.2, 0.25) is 11.7 Å². The number of benzene rings is 1. The summed E-state index contributed by atoms with van der Waals surface area (Å²) in [5, 5.41) is 7.01. The number of amides is 1. The molecule has 0 unspecified atom stereocenters. The van der Waals surface area contributed by atoms with Crippen LogP contribution in [-0.4, -0.2) is 80.2 Å². The Morgan fingerprint density at radius 1 is 1.10 bits per heavy atom.